The maximum atomic E-state index is 13.0. The van der Waals surface area contributed by atoms with Crippen molar-refractivity contribution in [2.24, 2.45) is 0 Å². The minimum atomic E-state index is -0.203. The summed E-state index contributed by atoms with van der Waals surface area (Å²) in [5.74, 6) is -0.203. The van der Waals surface area contributed by atoms with Crippen LogP contribution in [0, 0.1) is 5.82 Å². The summed E-state index contributed by atoms with van der Waals surface area (Å²) in [4.78, 5) is 3.44. The molecule has 0 amide bonds. The number of benzene rings is 2. The van der Waals surface area contributed by atoms with E-state index >= 15 is 0 Å². The number of fused-ring (bicyclic) bond motifs is 3. The molecule has 4 heteroatoms. The number of halogens is 2. The first-order valence-electron chi connectivity index (χ1n) is 7.03. The zero-order valence-electron chi connectivity index (χ0n) is 11.7. The van der Waals surface area contributed by atoms with Gasteiger partial charge in [0.15, 0.2) is 18.9 Å². The molecule has 0 bridgehead atoms. The number of hydrogen-bond donors (Lipinski definition) is 1. The molecule has 0 atom stereocenters. The van der Waals surface area contributed by atoms with Crippen LogP contribution in [0.4, 0.5) is 4.39 Å². The lowest BCUT2D eigenvalue weighted by molar-refractivity contribution is -0.687. The third kappa shape index (κ3) is 2.40. The molecule has 0 aliphatic rings. The predicted molar refractivity (Wildman–Crippen MR) is 89.2 cm³/mol. The Hall–Kier alpha value is -2.20. The molecule has 0 radical (unpaired) electrons. The third-order valence-corrected chi connectivity index (χ3v) is 4.33. The first-order chi connectivity index (χ1) is 10.7. The van der Waals surface area contributed by atoms with Crippen LogP contribution in [0.3, 0.4) is 0 Å². The van der Waals surface area contributed by atoms with Gasteiger partial charge < -0.3 is 4.98 Å². The zero-order valence-corrected chi connectivity index (χ0v) is 13.3. The Morgan fingerprint density at radius 3 is 2.59 bits per heavy atom. The molecule has 4 aromatic rings. The van der Waals surface area contributed by atoms with Crippen molar-refractivity contribution in [3.63, 3.8) is 0 Å². The monoisotopic (exact) mass is 355 g/mol. The van der Waals surface area contributed by atoms with E-state index in [0.717, 1.165) is 27.6 Å². The van der Waals surface area contributed by atoms with E-state index in [2.05, 4.69) is 56.1 Å². The SMILES string of the molecule is Fc1ccc(C[n+]2ccc3c(c2)[nH]c2ccc(Br)cc23)cc1. The average Bonchev–Trinajstić information content (AvgIpc) is 2.87. The largest absolute Gasteiger partial charge is 0.350 e. The summed E-state index contributed by atoms with van der Waals surface area (Å²) in [5.41, 5.74) is 3.29. The summed E-state index contributed by atoms with van der Waals surface area (Å²) in [6, 6.07) is 15.0. The first kappa shape index (κ1) is 13.5. The Balaban J connectivity index is 1.77. The van der Waals surface area contributed by atoms with Crippen LogP contribution in [0.25, 0.3) is 21.8 Å². The smallest absolute Gasteiger partial charge is 0.193 e. The van der Waals surface area contributed by atoms with E-state index in [1.807, 2.05) is 18.2 Å². The van der Waals surface area contributed by atoms with Crippen LogP contribution in [0.1, 0.15) is 5.56 Å². The van der Waals surface area contributed by atoms with Gasteiger partial charge in [-0.05, 0) is 42.5 Å². The molecule has 0 spiro atoms. The fraction of sp³-hybridized carbons (Fsp3) is 0.0556. The summed E-state index contributed by atoms with van der Waals surface area (Å²) < 4.78 is 16.1. The lowest BCUT2D eigenvalue weighted by atomic mass is 10.2. The lowest BCUT2D eigenvalue weighted by Crippen LogP contribution is -2.33. The van der Waals surface area contributed by atoms with E-state index in [9.17, 15) is 4.39 Å². The standard InChI is InChI=1S/C18H12BrFN2/c19-13-3-6-17-16(9-13)15-7-8-22(11-18(15)21-17)10-12-1-4-14(20)5-2-12/h1-9,11H,10H2/p+1. The maximum Gasteiger partial charge on any atom is 0.193 e. The number of nitrogens with zero attached hydrogens (tertiary/aromatic N) is 1. The Morgan fingerprint density at radius 2 is 1.77 bits per heavy atom. The number of H-pyrrole nitrogens is 1. The van der Waals surface area contributed by atoms with E-state index in [0.29, 0.717) is 0 Å². The van der Waals surface area contributed by atoms with Crippen LogP contribution in [0.5, 0.6) is 0 Å². The fourth-order valence-corrected chi connectivity index (χ4v) is 3.13. The third-order valence-electron chi connectivity index (χ3n) is 3.84. The van der Waals surface area contributed by atoms with Gasteiger partial charge in [0, 0.05) is 32.4 Å². The predicted octanol–water partition coefficient (Wildman–Crippen LogP) is 4.56. The highest BCUT2D eigenvalue weighted by molar-refractivity contribution is 9.10. The normalized spacial score (nSPS) is 11.4. The number of aromatic amines is 1. The Bertz CT molecular complexity index is 974. The molecule has 0 aliphatic carbocycles. The number of pyridine rings is 1. The van der Waals surface area contributed by atoms with Crippen LogP contribution >= 0.6 is 15.9 Å². The molecule has 2 heterocycles. The van der Waals surface area contributed by atoms with Crippen molar-refractivity contribution in [1.29, 1.82) is 0 Å². The van der Waals surface area contributed by atoms with Crippen LogP contribution in [0.15, 0.2) is 65.4 Å². The minimum Gasteiger partial charge on any atom is -0.350 e. The molecular weight excluding hydrogens is 343 g/mol. The van der Waals surface area contributed by atoms with Gasteiger partial charge in [0.1, 0.15) is 11.3 Å². The average molecular weight is 356 g/mol. The van der Waals surface area contributed by atoms with E-state index in [1.165, 1.54) is 22.9 Å². The maximum absolute atomic E-state index is 13.0. The molecule has 2 nitrogen and oxygen atoms in total. The number of rotatable bonds is 2. The summed E-state index contributed by atoms with van der Waals surface area (Å²) in [6.07, 6.45) is 4.15. The fourth-order valence-electron chi connectivity index (χ4n) is 2.77. The van der Waals surface area contributed by atoms with E-state index in [1.54, 1.807) is 0 Å². The Labute approximate surface area is 135 Å². The summed E-state index contributed by atoms with van der Waals surface area (Å²) in [5, 5.41) is 2.41. The van der Waals surface area contributed by atoms with Crippen LogP contribution in [-0.4, -0.2) is 4.98 Å². The molecule has 0 saturated carbocycles. The van der Waals surface area contributed by atoms with Gasteiger partial charge in [-0.15, -0.1) is 0 Å². The second-order valence-electron chi connectivity index (χ2n) is 5.39. The van der Waals surface area contributed by atoms with Gasteiger partial charge in [-0.3, -0.25) is 0 Å². The van der Waals surface area contributed by atoms with E-state index in [4.69, 9.17) is 0 Å². The van der Waals surface area contributed by atoms with Crippen molar-refractivity contribution >= 4 is 37.7 Å². The molecular formula is C18H13BrFN2+. The van der Waals surface area contributed by atoms with Crippen LogP contribution < -0.4 is 4.57 Å². The molecule has 0 aliphatic heterocycles. The Kier molecular flexibility index (Phi) is 3.19. The van der Waals surface area contributed by atoms with Crippen molar-refractivity contribution < 1.29 is 8.96 Å². The molecule has 22 heavy (non-hydrogen) atoms. The van der Waals surface area contributed by atoms with Crippen LogP contribution in [0.2, 0.25) is 0 Å². The second kappa shape index (κ2) is 5.21. The second-order valence-corrected chi connectivity index (χ2v) is 6.30. The molecule has 0 saturated heterocycles. The summed E-state index contributed by atoms with van der Waals surface area (Å²) in [7, 11) is 0. The summed E-state index contributed by atoms with van der Waals surface area (Å²) >= 11 is 3.52. The topological polar surface area (TPSA) is 19.7 Å². The van der Waals surface area contributed by atoms with Gasteiger partial charge in [0.05, 0.1) is 0 Å². The molecule has 2 aromatic heterocycles. The molecule has 1 N–H and O–H groups in total. The minimum absolute atomic E-state index is 0.203. The van der Waals surface area contributed by atoms with Gasteiger partial charge in [0.25, 0.3) is 0 Å². The first-order valence-corrected chi connectivity index (χ1v) is 7.83. The lowest BCUT2D eigenvalue weighted by Gasteiger charge is -1.98. The van der Waals surface area contributed by atoms with Crippen molar-refractivity contribution in [2.75, 3.05) is 0 Å². The highest BCUT2D eigenvalue weighted by Gasteiger charge is 2.10. The summed E-state index contributed by atoms with van der Waals surface area (Å²) in [6.45, 7) is 0.718. The van der Waals surface area contributed by atoms with Gasteiger partial charge in [-0.1, -0.05) is 15.9 Å². The Morgan fingerprint density at radius 1 is 0.955 bits per heavy atom. The highest BCUT2D eigenvalue weighted by atomic mass is 79.9. The quantitative estimate of drug-likeness (QED) is 0.508. The van der Waals surface area contributed by atoms with Crippen molar-refractivity contribution in [1.82, 2.24) is 4.98 Å². The van der Waals surface area contributed by atoms with Crippen molar-refractivity contribution in [3.8, 4) is 0 Å². The zero-order chi connectivity index (χ0) is 15.1. The van der Waals surface area contributed by atoms with Gasteiger partial charge in [0.2, 0.25) is 0 Å². The van der Waals surface area contributed by atoms with Crippen molar-refractivity contribution in [3.05, 3.63) is 76.8 Å². The van der Waals surface area contributed by atoms with Gasteiger partial charge >= 0.3 is 0 Å². The van der Waals surface area contributed by atoms with E-state index < -0.39 is 0 Å². The molecule has 2 aromatic carbocycles. The highest BCUT2D eigenvalue weighted by Crippen LogP contribution is 2.26. The van der Waals surface area contributed by atoms with Crippen molar-refractivity contribution in [2.45, 2.75) is 6.54 Å². The molecule has 108 valence electrons. The number of hydrogen-bond acceptors (Lipinski definition) is 0. The van der Waals surface area contributed by atoms with E-state index in [-0.39, 0.29) is 5.82 Å². The molecule has 0 fully saturated rings. The number of nitrogens with one attached hydrogen (secondary N) is 1. The van der Waals surface area contributed by atoms with Gasteiger partial charge in [-0.2, -0.15) is 4.57 Å². The molecule has 0 unspecified atom stereocenters. The molecule has 4 rings (SSSR count). The number of aromatic nitrogens is 2. The van der Waals surface area contributed by atoms with Crippen LogP contribution in [-0.2, 0) is 6.54 Å². The van der Waals surface area contributed by atoms with Gasteiger partial charge in [-0.25, -0.2) is 4.39 Å².